The molecule has 8 heteroatoms. The topological polar surface area (TPSA) is 86.4 Å². The number of anilines is 1. The van der Waals surface area contributed by atoms with Gasteiger partial charge in [0, 0.05) is 0 Å². The number of aromatic nitrogens is 2. The first kappa shape index (κ1) is 15.1. The van der Waals surface area contributed by atoms with Crippen molar-refractivity contribution in [3.8, 4) is 0 Å². The van der Waals surface area contributed by atoms with Gasteiger partial charge >= 0.3 is 5.97 Å². The first-order valence-electron chi connectivity index (χ1n) is 6.15. The molecule has 2 rings (SSSR count). The summed E-state index contributed by atoms with van der Waals surface area (Å²) < 4.78 is 10.7. The molecule has 0 saturated heterocycles. The van der Waals surface area contributed by atoms with Gasteiger partial charge in [0.15, 0.2) is 0 Å². The van der Waals surface area contributed by atoms with Crippen LogP contribution in [0.3, 0.4) is 0 Å². The van der Waals surface area contributed by atoms with Crippen LogP contribution in [0.4, 0.5) is 5.69 Å². The summed E-state index contributed by atoms with van der Waals surface area (Å²) in [6.07, 6.45) is 2.94. The molecule has 112 valence electrons. The highest BCUT2D eigenvalue weighted by Crippen LogP contribution is 2.22. The van der Waals surface area contributed by atoms with Crippen molar-refractivity contribution >= 4 is 23.3 Å². The maximum absolute atomic E-state index is 12.0. The summed E-state index contributed by atoms with van der Waals surface area (Å²) in [5.74, 6) is 0.120. The van der Waals surface area contributed by atoms with Crippen LogP contribution in [-0.4, -0.2) is 22.9 Å². The zero-order chi connectivity index (χ0) is 15.4. The number of esters is 1. The van der Waals surface area contributed by atoms with E-state index in [4.69, 9.17) is 16.0 Å². The minimum absolute atomic E-state index is 0.0488. The van der Waals surface area contributed by atoms with E-state index < -0.39 is 11.5 Å². The van der Waals surface area contributed by atoms with Gasteiger partial charge < -0.3 is 14.5 Å². The fourth-order valence-corrected chi connectivity index (χ4v) is 1.91. The zero-order valence-electron chi connectivity index (χ0n) is 11.5. The van der Waals surface area contributed by atoms with Crippen LogP contribution in [0.25, 0.3) is 0 Å². The third-order valence-corrected chi connectivity index (χ3v) is 3.20. The van der Waals surface area contributed by atoms with E-state index >= 15 is 0 Å². The normalized spacial score (nSPS) is 12.0. The van der Waals surface area contributed by atoms with Gasteiger partial charge in [-0.15, -0.1) is 0 Å². The van der Waals surface area contributed by atoms with Crippen molar-refractivity contribution in [3.63, 3.8) is 0 Å². The summed E-state index contributed by atoms with van der Waals surface area (Å²) in [5, 5.41) is 6.87. The lowest BCUT2D eigenvalue weighted by molar-refractivity contribution is -0.141. The summed E-state index contributed by atoms with van der Waals surface area (Å²) in [5.41, 5.74) is -0.203. The van der Waals surface area contributed by atoms with E-state index in [1.165, 1.54) is 13.3 Å². The number of hydrogen-bond acceptors (Lipinski definition) is 6. The van der Waals surface area contributed by atoms with Crippen LogP contribution in [0.1, 0.15) is 18.7 Å². The Hall–Kier alpha value is -2.28. The molecule has 0 fully saturated rings. The molecule has 0 aliphatic rings. The number of carbonyl (C=O) groups excluding carboxylic acids is 1. The van der Waals surface area contributed by atoms with E-state index in [2.05, 4.69) is 15.2 Å². The second-order valence-electron chi connectivity index (χ2n) is 4.29. The number of ether oxygens (including phenoxy) is 1. The van der Waals surface area contributed by atoms with E-state index in [1.54, 1.807) is 18.4 Å². The average Bonchev–Trinajstić information content (AvgIpc) is 3.01. The van der Waals surface area contributed by atoms with Gasteiger partial charge in [-0.05, 0) is 19.1 Å². The highest BCUT2D eigenvalue weighted by Gasteiger charge is 2.15. The van der Waals surface area contributed by atoms with E-state index in [1.807, 2.05) is 6.92 Å². The lowest BCUT2D eigenvalue weighted by Gasteiger charge is -2.14. The first-order chi connectivity index (χ1) is 10.0. The molecule has 0 radical (unpaired) electrons. The Morgan fingerprint density at radius 1 is 1.62 bits per heavy atom. The van der Waals surface area contributed by atoms with Gasteiger partial charge in [-0.1, -0.05) is 11.6 Å². The van der Waals surface area contributed by atoms with Crippen molar-refractivity contribution in [1.29, 1.82) is 0 Å². The Morgan fingerprint density at radius 3 is 3.00 bits per heavy atom. The highest BCUT2D eigenvalue weighted by atomic mass is 35.5. The van der Waals surface area contributed by atoms with Gasteiger partial charge in [0.1, 0.15) is 17.3 Å². The number of halogens is 1. The lowest BCUT2D eigenvalue weighted by Crippen LogP contribution is -2.28. The Kier molecular flexibility index (Phi) is 4.64. The third kappa shape index (κ3) is 3.43. The molecule has 0 aromatic carbocycles. The second kappa shape index (κ2) is 6.45. The Bertz CT molecular complexity index is 681. The van der Waals surface area contributed by atoms with Crippen molar-refractivity contribution in [1.82, 2.24) is 9.78 Å². The van der Waals surface area contributed by atoms with Gasteiger partial charge in [0.2, 0.25) is 0 Å². The summed E-state index contributed by atoms with van der Waals surface area (Å²) in [6, 6.07) is 3.38. The maximum Gasteiger partial charge on any atom is 0.327 e. The smallest absolute Gasteiger partial charge is 0.327 e. The van der Waals surface area contributed by atoms with Crippen LogP contribution in [0.2, 0.25) is 5.02 Å². The predicted molar refractivity (Wildman–Crippen MR) is 76.3 cm³/mol. The van der Waals surface area contributed by atoms with Crippen molar-refractivity contribution in [2.24, 2.45) is 0 Å². The molecule has 1 unspecified atom stereocenters. The van der Waals surface area contributed by atoms with E-state index in [-0.39, 0.29) is 17.6 Å². The van der Waals surface area contributed by atoms with Crippen LogP contribution in [0.5, 0.6) is 0 Å². The predicted octanol–water partition coefficient (Wildman–Crippen LogP) is 1.84. The van der Waals surface area contributed by atoms with Gasteiger partial charge in [-0.25, -0.2) is 4.68 Å². The van der Waals surface area contributed by atoms with Crippen molar-refractivity contribution in [2.45, 2.75) is 19.5 Å². The molecular formula is C13H14ClN3O4. The van der Waals surface area contributed by atoms with E-state index in [0.29, 0.717) is 11.4 Å². The molecule has 2 heterocycles. The minimum atomic E-state index is -0.578. The molecule has 0 bridgehead atoms. The van der Waals surface area contributed by atoms with Gasteiger partial charge in [0.05, 0.1) is 31.3 Å². The number of rotatable bonds is 5. The standard InChI is InChI=1S/C13H14ClN3O4/c1-8(10-4-3-5-21-10)16-9-6-15-17(7-11(18)20-2)13(19)12(9)14/h3-6,8,16H,7H2,1-2H3. The first-order valence-corrected chi connectivity index (χ1v) is 6.53. The number of furan rings is 1. The molecule has 0 spiro atoms. The average molecular weight is 312 g/mol. The summed E-state index contributed by atoms with van der Waals surface area (Å²) in [4.78, 5) is 23.2. The summed E-state index contributed by atoms with van der Waals surface area (Å²) >= 11 is 6.01. The van der Waals surface area contributed by atoms with Crippen molar-refractivity contribution < 1.29 is 13.9 Å². The quantitative estimate of drug-likeness (QED) is 0.848. The van der Waals surface area contributed by atoms with E-state index in [9.17, 15) is 9.59 Å². The Balaban J connectivity index is 2.21. The number of nitrogens with zero attached hydrogens (tertiary/aromatic N) is 2. The van der Waals surface area contributed by atoms with Crippen LogP contribution in [0, 0.1) is 0 Å². The monoisotopic (exact) mass is 311 g/mol. The number of carbonyl (C=O) groups is 1. The molecule has 1 N–H and O–H groups in total. The maximum atomic E-state index is 12.0. The van der Waals surface area contributed by atoms with Gasteiger partial charge in [-0.2, -0.15) is 5.10 Å². The number of methoxy groups -OCH3 is 1. The largest absolute Gasteiger partial charge is 0.468 e. The fourth-order valence-electron chi connectivity index (χ4n) is 1.71. The van der Waals surface area contributed by atoms with E-state index in [0.717, 1.165) is 4.68 Å². The third-order valence-electron chi connectivity index (χ3n) is 2.83. The highest BCUT2D eigenvalue weighted by molar-refractivity contribution is 6.32. The molecule has 0 amide bonds. The lowest BCUT2D eigenvalue weighted by atomic mass is 10.2. The molecule has 0 saturated carbocycles. The van der Waals surface area contributed by atoms with Gasteiger partial charge in [0.25, 0.3) is 5.56 Å². The number of nitrogens with one attached hydrogen (secondary N) is 1. The van der Waals surface area contributed by atoms with Crippen LogP contribution >= 0.6 is 11.6 Å². The van der Waals surface area contributed by atoms with Gasteiger partial charge in [-0.3, -0.25) is 9.59 Å². The molecule has 2 aromatic heterocycles. The van der Waals surface area contributed by atoms with Crippen LogP contribution < -0.4 is 10.9 Å². The van der Waals surface area contributed by atoms with Crippen LogP contribution in [-0.2, 0) is 16.1 Å². The minimum Gasteiger partial charge on any atom is -0.468 e. The molecule has 2 aromatic rings. The fraction of sp³-hybridized carbons (Fsp3) is 0.308. The SMILES string of the molecule is COC(=O)Cn1ncc(NC(C)c2ccco2)c(Cl)c1=O. The Labute approximate surface area is 125 Å². The Morgan fingerprint density at radius 2 is 2.38 bits per heavy atom. The molecular weight excluding hydrogens is 298 g/mol. The molecule has 1 atom stereocenters. The summed E-state index contributed by atoms with van der Waals surface area (Å²) in [6.45, 7) is 1.57. The van der Waals surface area contributed by atoms with Crippen LogP contribution in [0.15, 0.2) is 33.8 Å². The zero-order valence-corrected chi connectivity index (χ0v) is 12.3. The number of hydrogen-bond donors (Lipinski definition) is 1. The molecule has 21 heavy (non-hydrogen) atoms. The molecule has 0 aliphatic heterocycles. The van der Waals surface area contributed by atoms with Crippen molar-refractivity contribution in [2.75, 3.05) is 12.4 Å². The van der Waals surface area contributed by atoms with Crippen molar-refractivity contribution in [3.05, 3.63) is 45.7 Å². The summed E-state index contributed by atoms with van der Waals surface area (Å²) in [7, 11) is 1.23. The second-order valence-corrected chi connectivity index (χ2v) is 4.67. The molecule has 0 aliphatic carbocycles. The molecule has 7 nitrogen and oxygen atoms in total.